The van der Waals surface area contributed by atoms with E-state index in [9.17, 15) is 0 Å². The van der Waals surface area contributed by atoms with E-state index < -0.39 is 0 Å². The molecule has 0 saturated heterocycles. The van der Waals surface area contributed by atoms with Gasteiger partial charge in [0.2, 0.25) is 0 Å². The molecule has 3 aromatic heterocycles. The van der Waals surface area contributed by atoms with E-state index in [0.717, 1.165) is 21.8 Å². The van der Waals surface area contributed by atoms with Gasteiger partial charge in [-0.15, -0.1) is 0 Å². The van der Waals surface area contributed by atoms with E-state index in [-0.39, 0.29) is 0 Å². The van der Waals surface area contributed by atoms with Crippen LogP contribution in [0.1, 0.15) is 0 Å². The van der Waals surface area contributed by atoms with Crippen LogP contribution in [0.2, 0.25) is 0 Å². The molecule has 0 fully saturated rings. The molecule has 0 atom stereocenters. The fourth-order valence-corrected chi connectivity index (χ4v) is 7.28. The minimum atomic E-state index is 0.949. The molecule has 3 heteroatoms. The molecule has 0 radical (unpaired) electrons. The smallest absolute Gasteiger partial charge is 0.0971 e. The van der Waals surface area contributed by atoms with Crippen molar-refractivity contribution in [2.45, 2.75) is 0 Å². The van der Waals surface area contributed by atoms with E-state index in [0.29, 0.717) is 0 Å². The Bertz CT molecular complexity index is 2680. The second kappa shape index (κ2) is 8.37. The van der Waals surface area contributed by atoms with Gasteiger partial charge in [0.1, 0.15) is 0 Å². The lowest BCUT2D eigenvalue weighted by atomic mass is 9.94. The van der Waals surface area contributed by atoms with Crippen LogP contribution in [0.15, 0.2) is 140 Å². The van der Waals surface area contributed by atoms with Crippen LogP contribution in [0.5, 0.6) is 0 Å². The molecule has 3 nitrogen and oxygen atoms in total. The number of nitrogens with zero attached hydrogens (tertiary/aromatic N) is 3. The number of rotatable bonds is 2. The molecule has 3 heterocycles. The van der Waals surface area contributed by atoms with Crippen molar-refractivity contribution < 1.29 is 0 Å². The van der Waals surface area contributed by atoms with E-state index in [1.165, 1.54) is 71.1 Å². The molecule has 0 spiro atoms. The SMILES string of the molecule is c1ccc2c(c1)c1cc(-c3ccc(-c4ccc5c(c4)c4cccc6c7ccccc7n5c64)cc3)ccc1c1nccnc21. The Morgan fingerprint density at radius 3 is 1.60 bits per heavy atom. The molecule has 0 unspecified atom stereocenters. The Hall–Kier alpha value is -5.80. The van der Waals surface area contributed by atoms with Crippen molar-refractivity contribution in [2.24, 2.45) is 0 Å². The lowest BCUT2D eigenvalue weighted by Crippen LogP contribution is -1.89. The van der Waals surface area contributed by atoms with Crippen molar-refractivity contribution in [1.82, 2.24) is 14.4 Å². The summed E-state index contributed by atoms with van der Waals surface area (Å²) in [6, 6.07) is 46.5. The molecule has 0 aliphatic rings. The lowest BCUT2D eigenvalue weighted by Gasteiger charge is -2.11. The molecule has 0 N–H and O–H groups in total. The second-order valence-corrected chi connectivity index (χ2v) is 11.4. The van der Waals surface area contributed by atoms with E-state index >= 15 is 0 Å². The van der Waals surface area contributed by atoms with Gasteiger partial charge in [0.15, 0.2) is 0 Å². The summed E-state index contributed by atoms with van der Waals surface area (Å²) in [5, 5.41) is 9.91. The molecule has 0 saturated carbocycles. The van der Waals surface area contributed by atoms with Gasteiger partial charge >= 0.3 is 0 Å². The van der Waals surface area contributed by atoms with Gasteiger partial charge in [-0.3, -0.25) is 9.97 Å². The largest absolute Gasteiger partial charge is 0.308 e. The number of hydrogen-bond acceptors (Lipinski definition) is 2. The van der Waals surface area contributed by atoms with Crippen LogP contribution in [0, 0.1) is 0 Å². The van der Waals surface area contributed by atoms with Gasteiger partial charge in [-0.1, -0.05) is 103 Å². The Kier molecular flexibility index (Phi) is 4.45. The number of fused-ring (bicyclic) bond motifs is 12. The fourth-order valence-electron chi connectivity index (χ4n) is 7.28. The maximum atomic E-state index is 4.70. The van der Waals surface area contributed by atoms with Gasteiger partial charge in [0.05, 0.1) is 27.6 Å². The summed E-state index contributed by atoms with van der Waals surface area (Å²) in [4.78, 5) is 9.37. The molecule has 10 aromatic rings. The summed E-state index contributed by atoms with van der Waals surface area (Å²) in [7, 11) is 0. The molecule has 0 amide bonds. The highest BCUT2D eigenvalue weighted by atomic mass is 14.9. The van der Waals surface area contributed by atoms with Gasteiger partial charge in [0.25, 0.3) is 0 Å². The third-order valence-corrected chi connectivity index (χ3v) is 9.22. The van der Waals surface area contributed by atoms with E-state index in [4.69, 9.17) is 4.98 Å². The molecule has 0 bridgehead atoms. The minimum Gasteiger partial charge on any atom is -0.308 e. The summed E-state index contributed by atoms with van der Waals surface area (Å²) in [6.07, 6.45) is 3.56. The molecule has 0 aliphatic carbocycles. The summed E-state index contributed by atoms with van der Waals surface area (Å²) in [5.41, 5.74) is 10.6. The third kappa shape index (κ3) is 3.08. The predicted octanol–water partition coefficient (Wildman–Crippen LogP) is 10.4. The zero-order chi connectivity index (χ0) is 28.1. The average Bonchev–Trinajstić information content (AvgIpc) is 3.60. The standard InChI is InChI=1S/C40H23N3/c1-2-8-30-28(6-1)34-22-26(16-18-31(34)39-38(30)41-20-21-42-39)24-12-14-25(15-13-24)27-17-19-37-35(23-27)33-10-5-9-32-29-7-3-4-11-36(29)43(37)40(32)33/h1-23H. The molecule has 0 aliphatic heterocycles. The molecular weight excluding hydrogens is 522 g/mol. The van der Waals surface area contributed by atoms with Crippen LogP contribution < -0.4 is 0 Å². The van der Waals surface area contributed by atoms with Crippen molar-refractivity contribution in [1.29, 1.82) is 0 Å². The third-order valence-electron chi connectivity index (χ3n) is 9.22. The van der Waals surface area contributed by atoms with Gasteiger partial charge in [-0.05, 0) is 57.3 Å². The van der Waals surface area contributed by atoms with Gasteiger partial charge < -0.3 is 4.40 Å². The molecular formula is C40H23N3. The highest BCUT2D eigenvalue weighted by molar-refractivity contribution is 6.24. The summed E-state index contributed by atoms with van der Waals surface area (Å²) < 4.78 is 2.43. The Balaban J connectivity index is 1.10. The summed E-state index contributed by atoms with van der Waals surface area (Å²) in [5.74, 6) is 0. The van der Waals surface area contributed by atoms with Crippen LogP contribution in [-0.4, -0.2) is 14.4 Å². The first-order valence-corrected chi connectivity index (χ1v) is 14.7. The first-order chi connectivity index (χ1) is 21.3. The average molecular weight is 546 g/mol. The number of benzene rings is 7. The van der Waals surface area contributed by atoms with Crippen molar-refractivity contribution in [2.75, 3.05) is 0 Å². The van der Waals surface area contributed by atoms with Crippen molar-refractivity contribution >= 4 is 70.7 Å². The topological polar surface area (TPSA) is 30.2 Å². The number of aromatic nitrogens is 3. The van der Waals surface area contributed by atoms with Crippen molar-refractivity contribution in [3.8, 4) is 22.3 Å². The zero-order valence-corrected chi connectivity index (χ0v) is 23.1. The quantitative estimate of drug-likeness (QED) is 0.202. The van der Waals surface area contributed by atoms with Crippen molar-refractivity contribution in [3.63, 3.8) is 0 Å². The van der Waals surface area contributed by atoms with E-state index in [1.54, 1.807) is 12.4 Å². The van der Waals surface area contributed by atoms with Crippen LogP contribution in [0.4, 0.5) is 0 Å². The molecule has 10 rings (SSSR count). The maximum Gasteiger partial charge on any atom is 0.0971 e. The monoisotopic (exact) mass is 545 g/mol. The first-order valence-electron chi connectivity index (χ1n) is 14.7. The van der Waals surface area contributed by atoms with Crippen molar-refractivity contribution in [3.05, 3.63) is 140 Å². The van der Waals surface area contributed by atoms with E-state index in [2.05, 4.69) is 137 Å². The number of para-hydroxylation sites is 2. The van der Waals surface area contributed by atoms with E-state index in [1.807, 2.05) is 0 Å². The molecule has 7 aromatic carbocycles. The first kappa shape index (κ1) is 22.8. The van der Waals surface area contributed by atoms with Crippen LogP contribution in [0.25, 0.3) is 92.9 Å². The fraction of sp³-hybridized carbons (Fsp3) is 0. The number of hydrogen-bond donors (Lipinski definition) is 0. The van der Waals surface area contributed by atoms with Crippen LogP contribution >= 0.6 is 0 Å². The molecule has 43 heavy (non-hydrogen) atoms. The normalized spacial score (nSPS) is 12.2. The zero-order valence-electron chi connectivity index (χ0n) is 23.1. The highest BCUT2D eigenvalue weighted by Crippen LogP contribution is 2.40. The van der Waals surface area contributed by atoms with Gasteiger partial charge in [-0.2, -0.15) is 0 Å². The minimum absolute atomic E-state index is 0.949. The van der Waals surface area contributed by atoms with Crippen LogP contribution in [0.3, 0.4) is 0 Å². The second-order valence-electron chi connectivity index (χ2n) is 11.4. The lowest BCUT2D eigenvalue weighted by molar-refractivity contribution is 1.31. The highest BCUT2D eigenvalue weighted by Gasteiger charge is 2.17. The maximum absolute atomic E-state index is 4.70. The Morgan fingerprint density at radius 1 is 0.349 bits per heavy atom. The summed E-state index contributed by atoms with van der Waals surface area (Å²) in [6.45, 7) is 0. The van der Waals surface area contributed by atoms with Gasteiger partial charge in [-0.25, -0.2) is 0 Å². The Labute approximate surface area is 246 Å². The van der Waals surface area contributed by atoms with Crippen LogP contribution in [-0.2, 0) is 0 Å². The molecule has 198 valence electrons. The summed E-state index contributed by atoms with van der Waals surface area (Å²) >= 11 is 0. The predicted molar refractivity (Wildman–Crippen MR) is 180 cm³/mol. The van der Waals surface area contributed by atoms with Gasteiger partial charge in [0, 0.05) is 44.7 Å². The Morgan fingerprint density at radius 2 is 0.860 bits per heavy atom.